The molecule has 2 aliphatic rings. The van der Waals surface area contributed by atoms with Crippen LogP contribution in [0.2, 0.25) is 0 Å². The monoisotopic (exact) mass is 254 g/mol. The van der Waals surface area contributed by atoms with Gasteiger partial charge < -0.3 is 9.64 Å². The number of carbonyl (C=O) groups is 4. The van der Waals surface area contributed by atoms with E-state index in [0.717, 1.165) is 4.90 Å². The number of morpholine rings is 1. The normalized spacial score (nSPS) is 21.4. The predicted octanol–water partition coefficient (Wildman–Crippen LogP) is -1.44. The lowest BCUT2D eigenvalue weighted by molar-refractivity contribution is -0.162. The van der Waals surface area contributed by atoms with E-state index in [1.807, 2.05) is 0 Å². The van der Waals surface area contributed by atoms with Gasteiger partial charge in [-0.05, 0) is 0 Å². The maximum Gasteiger partial charge on any atom is 0.255 e. The third kappa shape index (κ3) is 2.73. The first-order valence-electron chi connectivity index (χ1n) is 5.78. The van der Waals surface area contributed by atoms with Crippen molar-refractivity contribution in [3.05, 3.63) is 0 Å². The number of hydrogen-bond acceptors (Lipinski definition) is 5. The van der Waals surface area contributed by atoms with E-state index in [1.165, 1.54) is 4.90 Å². The molecule has 0 N–H and O–H groups in total. The van der Waals surface area contributed by atoms with Crippen molar-refractivity contribution in [1.29, 1.82) is 0 Å². The summed E-state index contributed by atoms with van der Waals surface area (Å²) in [5.41, 5.74) is 0. The van der Waals surface area contributed by atoms with Gasteiger partial charge in [-0.2, -0.15) is 0 Å². The number of hydrogen-bond donors (Lipinski definition) is 0. The molecule has 0 radical (unpaired) electrons. The molecule has 7 nitrogen and oxygen atoms in total. The van der Waals surface area contributed by atoms with E-state index < -0.39 is 11.8 Å². The molecule has 0 aromatic carbocycles. The lowest BCUT2D eigenvalue weighted by Crippen LogP contribution is -2.52. The molecule has 0 aromatic heterocycles. The van der Waals surface area contributed by atoms with Gasteiger partial charge in [0.05, 0.1) is 0 Å². The second-order valence-electron chi connectivity index (χ2n) is 4.29. The number of piperidine rings is 1. The lowest BCUT2D eigenvalue weighted by atomic mass is 10.1. The van der Waals surface area contributed by atoms with Crippen LogP contribution in [0.4, 0.5) is 0 Å². The van der Waals surface area contributed by atoms with Crippen LogP contribution in [0.5, 0.6) is 0 Å². The van der Waals surface area contributed by atoms with Gasteiger partial charge in [-0.15, -0.1) is 0 Å². The number of ketones is 1. The number of Topliss-reactive ketones (excluding diaryl/α,β-unsaturated/α-hetero) is 1. The third-order valence-corrected chi connectivity index (χ3v) is 3.02. The Balaban J connectivity index is 1.92. The summed E-state index contributed by atoms with van der Waals surface area (Å²) in [5.74, 6) is -1.15. The molecule has 2 rings (SSSR count). The summed E-state index contributed by atoms with van der Waals surface area (Å²) in [6, 6.07) is 0. The van der Waals surface area contributed by atoms with Gasteiger partial charge >= 0.3 is 0 Å². The topological polar surface area (TPSA) is 84.0 Å². The van der Waals surface area contributed by atoms with E-state index in [1.54, 1.807) is 0 Å². The second kappa shape index (κ2) is 5.26. The zero-order valence-electron chi connectivity index (χ0n) is 9.89. The molecule has 2 aliphatic heterocycles. The summed E-state index contributed by atoms with van der Waals surface area (Å²) in [7, 11) is 0. The first-order valence-corrected chi connectivity index (χ1v) is 5.78. The molecule has 18 heavy (non-hydrogen) atoms. The minimum atomic E-state index is -0.493. The van der Waals surface area contributed by atoms with E-state index in [9.17, 15) is 19.2 Å². The fourth-order valence-corrected chi connectivity index (χ4v) is 1.94. The Morgan fingerprint density at radius 1 is 1.06 bits per heavy atom. The van der Waals surface area contributed by atoms with E-state index in [0.29, 0.717) is 25.9 Å². The SMILES string of the molecule is O=C1CCN(C(=O)CN2C(=O)COCC2=O)CC1. The number of ether oxygens (including phenoxy) is 1. The highest BCUT2D eigenvalue weighted by Crippen LogP contribution is 2.08. The molecule has 0 aliphatic carbocycles. The Labute approximate surface area is 104 Å². The van der Waals surface area contributed by atoms with Crippen molar-refractivity contribution in [2.24, 2.45) is 0 Å². The van der Waals surface area contributed by atoms with Gasteiger partial charge in [0, 0.05) is 25.9 Å². The van der Waals surface area contributed by atoms with Crippen LogP contribution in [-0.2, 0) is 23.9 Å². The van der Waals surface area contributed by atoms with Crippen LogP contribution in [0.25, 0.3) is 0 Å². The second-order valence-corrected chi connectivity index (χ2v) is 4.29. The van der Waals surface area contributed by atoms with Crippen LogP contribution in [0.1, 0.15) is 12.8 Å². The van der Waals surface area contributed by atoms with Crippen molar-refractivity contribution >= 4 is 23.5 Å². The number of likely N-dealkylation sites (tertiary alicyclic amines) is 1. The van der Waals surface area contributed by atoms with Gasteiger partial charge in [-0.3, -0.25) is 24.1 Å². The van der Waals surface area contributed by atoms with Crippen molar-refractivity contribution in [2.75, 3.05) is 32.8 Å². The molecule has 7 heteroatoms. The van der Waals surface area contributed by atoms with Crippen LogP contribution in [0.15, 0.2) is 0 Å². The van der Waals surface area contributed by atoms with E-state index >= 15 is 0 Å². The first-order chi connectivity index (χ1) is 8.58. The molecule has 0 saturated carbocycles. The molecular formula is C11H14N2O5. The molecule has 3 amide bonds. The zero-order chi connectivity index (χ0) is 13.1. The number of imide groups is 1. The van der Waals surface area contributed by atoms with Gasteiger partial charge in [0.15, 0.2) is 0 Å². The van der Waals surface area contributed by atoms with Crippen molar-refractivity contribution in [2.45, 2.75) is 12.8 Å². The molecule has 0 spiro atoms. The van der Waals surface area contributed by atoms with E-state index in [4.69, 9.17) is 4.74 Å². The van der Waals surface area contributed by atoms with Crippen LogP contribution in [-0.4, -0.2) is 66.2 Å². The number of amides is 3. The summed E-state index contributed by atoms with van der Waals surface area (Å²) in [6.45, 7) is 0.138. The largest absolute Gasteiger partial charge is 0.362 e. The Kier molecular flexibility index (Phi) is 3.71. The highest BCUT2D eigenvalue weighted by Gasteiger charge is 2.30. The third-order valence-electron chi connectivity index (χ3n) is 3.02. The van der Waals surface area contributed by atoms with Crippen molar-refractivity contribution < 1.29 is 23.9 Å². The summed E-state index contributed by atoms with van der Waals surface area (Å²) in [4.78, 5) is 48.2. The highest BCUT2D eigenvalue weighted by molar-refractivity contribution is 6.01. The number of rotatable bonds is 2. The molecule has 0 unspecified atom stereocenters. The molecule has 98 valence electrons. The van der Waals surface area contributed by atoms with Crippen LogP contribution < -0.4 is 0 Å². The number of carbonyl (C=O) groups excluding carboxylic acids is 4. The van der Waals surface area contributed by atoms with E-state index in [2.05, 4.69) is 0 Å². The average Bonchev–Trinajstić information content (AvgIpc) is 2.34. The van der Waals surface area contributed by atoms with E-state index in [-0.39, 0.29) is 31.4 Å². The Bertz CT molecular complexity index is 380. The molecular weight excluding hydrogens is 240 g/mol. The summed E-state index contributed by atoms with van der Waals surface area (Å²) >= 11 is 0. The molecule has 0 atom stereocenters. The summed E-state index contributed by atoms with van der Waals surface area (Å²) in [6.07, 6.45) is 0.688. The Hall–Kier alpha value is -1.76. The molecule has 0 aromatic rings. The van der Waals surface area contributed by atoms with Crippen LogP contribution in [0, 0.1) is 0 Å². The smallest absolute Gasteiger partial charge is 0.255 e. The first kappa shape index (κ1) is 12.7. The standard InChI is InChI=1S/C11H14N2O5/c14-8-1-3-12(4-2-8)9(15)5-13-10(16)6-18-7-11(13)17/h1-7H2. The minimum Gasteiger partial charge on any atom is -0.362 e. The average molecular weight is 254 g/mol. The predicted molar refractivity (Wildman–Crippen MR) is 58.4 cm³/mol. The van der Waals surface area contributed by atoms with Gasteiger partial charge in [-0.25, -0.2) is 0 Å². The van der Waals surface area contributed by atoms with Gasteiger partial charge in [0.25, 0.3) is 11.8 Å². The fraction of sp³-hybridized carbons (Fsp3) is 0.636. The van der Waals surface area contributed by atoms with Gasteiger partial charge in [-0.1, -0.05) is 0 Å². The quantitative estimate of drug-likeness (QED) is 0.564. The maximum absolute atomic E-state index is 11.9. The van der Waals surface area contributed by atoms with Gasteiger partial charge in [0.1, 0.15) is 25.5 Å². The van der Waals surface area contributed by atoms with Crippen molar-refractivity contribution in [3.8, 4) is 0 Å². The molecule has 2 heterocycles. The van der Waals surface area contributed by atoms with Crippen molar-refractivity contribution in [3.63, 3.8) is 0 Å². The summed E-state index contributed by atoms with van der Waals surface area (Å²) < 4.78 is 4.76. The van der Waals surface area contributed by atoms with Gasteiger partial charge in [0.2, 0.25) is 5.91 Å². The Morgan fingerprint density at radius 3 is 2.17 bits per heavy atom. The molecule has 0 bridgehead atoms. The maximum atomic E-state index is 11.9. The highest BCUT2D eigenvalue weighted by atomic mass is 16.5. The minimum absolute atomic E-state index is 0.137. The zero-order valence-corrected chi connectivity index (χ0v) is 9.89. The fourth-order valence-electron chi connectivity index (χ4n) is 1.94. The molecule has 2 saturated heterocycles. The Morgan fingerprint density at radius 2 is 1.61 bits per heavy atom. The van der Waals surface area contributed by atoms with Crippen LogP contribution in [0.3, 0.4) is 0 Å². The summed E-state index contributed by atoms with van der Waals surface area (Å²) in [5, 5.41) is 0. The van der Waals surface area contributed by atoms with Crippen molar-refractivity contribution in [1.82, 2.24) is 9.80 Å². The molecule has 2 fully saturated rings. The number of nitrogens with zero attached hydrogens (tertiary/aromatic N) is 2. The van der Waals surface area contributed by atoms with Crippen LogP contribution >= 0.6 is 0 Å². The lowest BCUT2D eigenvalue weighted by Gasteiger charge is -2.30.